The lowest BCUT2D eigenvalue weighted by Crippen LogP contribution is -2.44. The van der Waals surface area contributed by atoms with E-state index in [1.807, 2.05) is 19.1 Å². The van der Waals surface area contributed by atoms with Gasteiger partial charge in [-0.1, -0.05) is 24.3 Å². The topological polar surface area (TPSA) is 59.8 Å². The third-order valence-corrected chi connectivity index (χ3v) is 3.92. The summed E-state index contributed by atoms with van der Waals surface area (Å²) in [6, 6.07) is 10.6. The Kier molecular flexibility index (Phi) is 4.30. The third-order valence-electron chi connectivity index (χ3n) is 3.92. The van der Waals surface area contributed by atoms with Crippen molar-refractivity contribution in [1.29, 1.82) is 0 Å². The van der Waals surface area contributed by atoms with Crippen LogP contribution in [0.1, 0.15) is 34.8 Å². The molecule has 1 amide bonds. The number of Topliss-reactive ketones (excluding diaryl/α,β-unsaturated/α-hetero) is 1. The molecule has 5 heteroatoms. The van der Waals surface area contributed by atoms with E-state index >= 15 is 0 Å². The molecule has 0 radical (unpaired) electrons. The molecule has 1 aliphatic heterocycles. The summed E-state index contributed by atoms with van der Waals surface area (Å²) in [5.74, 6) is 0.842. The summed E-state index contributed by atoms with van der Waals surface area (Å²) in [6.45, 7) is 5.17. The number of carbonyl (C=O) groups excluding carboxylic acids is 2. The summed E-state index contributed by atoms with van der Waals surface area (Å²) in [5.41, 5.74) is 1.49. The third kappa shape index (κ3) is 3.35. The minimum atomic E-state index is -0.119. The average molecular weight is 313 g/mol. The minimum absolute atomic E-state index is 0.0216. The number of nitrogens with zero attached hydrogens (tertiary/aromatic N) is 1. The first-order chi connectivity index (χ1) is 11.0. The summed E-state index contributed by atoms with van der Waals surface area (Å²) >= 11 is 0. The zero-order valence-corrected chi connectivity index (χ0v) is 13.2. The van der Waals surface area contributed by atoms with Crippen molar-refractivity contribution in [1.82, 2.24) is 4.90 Å². The molecule has 0 N–H and O–H groups in total. The van der Waals surface area contributed by atoms with Crippen LogP contribution >= 0.6 is 0 Å². The normalized spacial score (nSPS) is 18.0. The molecule has 1 aromatic heterocycles. The molecule has 23 heavy (non-hydrogen) atoms. The van der Waals surface area contributed by atoms with E-state index in [1.54, 1.807) is 29.2 Å². The summed E-state index contributed by atoms with van der Waals surface area (Å²) in [6.07, 6.45) is 0.0428. The Morgan fingerprint density at radius 2 is 1.87 bits per heavy atom. The fourth-order valence-electron chi connectivity index (χ4n) is 2.64. The molecular formula is C18H19NO4. The molecule has 5 nitrogen and oxygen atoms in total. The average Bonchev–Trinajstić information content (AvgIpc) is 3.04. The molecule has 1 aromatic carbocycles. The van der Waals surface area contributed by atoms with E-state index in [1.165, 1.54) is 6.92 Å². The van der Waals surface area contributed by atoms with Crippen molar-refractivity contribution in [3.05, 3.63) is 47.7 Å². The van der Waals surface area contributed by atoms with E-state index in [4.69, 9.17) is 9.15 Å². The first kappa shape index (κ1) is 15.5. The quantitative estimate of drug-likeness (QED) is 0.817. The number of furan rings is 1. The molecule has 1 saturated heterocycles. The van der Waals surface area contributed by atoms with Crippen LogP contribution in [0.15, 0.2) is 40.8 Å². The van der Waals surface area contributed by atoms with Crippen molar-refractivity contribution >= 4 is 11.7 Å². The molecule has 1 fully saturated rings. The van der Waals surface area contributed by atoms with Gasteiger partial charge in [0.15, 0.2) is 11.5 Å². The van der Waals surface area contributed by atoms with Crippen LogP contribution in [0.25, 0.3) is 11.3 Å². The first-order valence-corrected chi connectivity index (χ1v) is 7.66. The lowest BCUT2D eigenvalue weighted by atomic mass is 10.1. The summed E-state index contributed by atoms with van der Waals surface area (Å²) < 4.78 is 11.2. The van der Waals surface area contributed by atoms with Crippen molar-refractivity contribution in [3.8, 4) is 11.3 Å². The highest BCUT2D eigenvalue weighted by atomic mass is 16.5. The number of morpholine rings is 1. The van der Waals surface area contributed by atoms with Gasteiger partial charge in [0.05, 0.1) is 12.7 Å². The van der Waals surface area contributed by atoms with Gasteiger partial charge in [-0.05, 0) is 26.0 Å². The van der Waals surface area contributed by atoms with Crippen molar-refractivity contribution in [2.75, 3.05) is 19.7 Å². The van der Waals surface area contributed by atoms with Crippen LogP contribution in [0.5, 0.6) is 0 Å². The number of benzene rings is 1. The van der Waals surface area contributed by atoms with Crippen molar-refractivity contribution in [2.45, 2.75) is 20.0 Å². The second-order valence-corrected chi connectivity index (χ2v) is 5.73. The number of hydrogen-bond donors (Lipinski definition) is 0. The minimum Gasteiger partial charge on any atom is -0.451 e. The van der Waals surface area contributed by atoms with Gasteiger partial charge in [0.2, 0.25) is 0 Å². The molecule has 1 aliphatic rings. The second-order valence-electron chi connectivity index (χ2n) is 5.73. The molecule has 0 spiro atoms. The van der Waals surface area contributed by atoms with Crippen molar-refractivity contribution < 1.29 is 18.7 Å². The molecule has 1 unspecified atom stereocenters. The number of carbonyl (C=O) groups is 2. The standard InChI is InChI=1S/C18H19NO4/c1-12-11-19(9-10-22-12)18(21)17-8-7-16(23-17)15-5-3-14(4-6-15)13(2)20/h3-8,12H,9-11H2,1-2H3. The summed E-state index contributed by atoms with van der Waals surface area (Å²) in [4.78, 5) is 25.5. The maximum absolute atomic E-state index is 12.5. The molecule has 2 heterocycles. The number of ketones is 1. The molecule has 120 valence electrons. The Morgan fingerprint density at radius 1 is 1.13 bits per heavy atom. The largest absolute Gasteiger partial charge is 0.451 e. The molecule has 3 rings (SSSR count). The molecule has 0 bridgehead atoms. The Labute approximate surface area is 134 Å². The van der Waals surface area contributed by atoms with Crippen molar-refractivity contribution in [2.24, 2.45) is 0 Å². The number of hydrogen-bond acceptors (Lipinski definition) is 4. The SMILES string of the molecule is CC(=O)c1ccc(-c2ccc(C(=O)N3CCOC(C)C3)o2)cc1. The molecule has 1 atom stereocenters. The van der Waals surface area contributed by atoms with E-state index in [2.05, 4.69) is 0 Å². The molecular weight excluding hydrogens is 294 g/mol. The van der Waals surface area contributed by atoms with E-state index in [-0.39, 0.29) is 17.8 Å². The van der Waals surface area contributed by atoms with Gasteiger partial charge in [-0.25, -0.2) is 0 Å². The molecule has 0 saturated carbocycles. The highest BCUT2D eigenvalue weighted by Gasteiger charge is 2.24. The maximum Gasteiger partial charge on any atom is 0.289 e. The summed E-state index contributed by atoms with van der Waals surface area (Å²) in [5, 5.41) is 0. The van der Waals surface area contributed by atoms with Crippen LogP contribution in [-0.4, -0.2) is 42.4 Å². The van der Waals surface area contributed by atoms with Gasteiger partial charge in [-0.15, -0.1) is 0 Å². The Bertz CT molecular complexity index is 717. The van der Waals surface area contributed by atoms with Gasteiger partial charge >= 0.3 is 0 Å². The molecule has 2 aromatic rings. The zero-order valence-electron chi connectivity index (χ0n) is 13.2. The predicted octanol–water partition coefficient (Wildman–Crippen LogP) is 3.01. The van der Waals surface area contributed by atoms with Crippen LogP contribution in [0.4, 0.5) is 0 Å². The van der Waals surface area contributed by atoms with Gasteiger partial charge in [-0.2, -0.15) is 0 Å². The van der Waals surface area contributed by atoms with E-state index < -0.39 is 0 Å². The smallest absolute Gasteiger partial charge is 0.289 e. The monoisotopic (exact) mass is 313 g/mol. The van der Waals surface area contributed by atoms with Crippen LogP contribution in [0, 0.1) is 0 Å². The predicted molar refractivity (Wildman–Crippen MR) is 85.5 cm³/mol. The summed E-state index contributed by atoms with van der Waals surface area (Å²) in [7, 11) is 0. The lowest BCUT2D eigenvalue weighted by molar-refractivity contribution is -0.0134. The first-order valence-electron chi connectivity index (χ1n) is 7.66. The lowest BCUT2D eigenvalue weighted by Gasteiger charge is -2.30. The van der Waals surface area contributed by atoms with Crippen LogP contribution in [0.2, 0.25) is 0 Å². The Morgan fingerprint density at radius 3 is 2.52 bits per heavy atom. The van der Waals surface area contributed by atoms with Gasteiger partial charge < -0.3 is 14.1 Å². The Hall–Kier alpha value is -2.40. The highest BCUT2D eigenvalue weighted by molar-refractivity contribution is 5.94. The van der Waals surface area contributed by atoms with Crippen LogP contribution in [0.3, 0.4) is 0 Å². The number of rotatable bonds is 3. The maximum atomic E-state index is 12.5. The number of ether oxygens (including phenoxy) is 1. The zero-order chi connectivity index (χ0) is 16.4. The van der Waals surface area contributed by atoms with E-state index in [0.717, 1.165) is 5.56 Å². The van der Waals surface area contributed by atoms with E-state index in [9.17, 15) is 9.59 Å². The van der Waals surface area contributed by atoms with Crippen LogP contribution in [-0.2, 0) is 4.74 Å². The fourth-order valence-corrected chi connectivity index (χ4v) is 2.64. The molecule has 0 aliphatic carbocycles. The fraction of sp³-hybridized carbons (Fsp3) is 0.333. The number of amides is 1. The Balaban J connectivity index is 1.77. The van der Waals surface area contributed by atoms with E-state index in [0.29, 0.717) is 36.8 Å². The second kappa shape index (κ2) is 6.38. The van der Waals surface area contributed by atoms with Gasteiger partial charge in [0.1, 0.15) is 5.76 Å². The van der Waals surface area contributed by atoms with Gasteiger partial charge in [0.25, 0.3) is 5.91 Å². The van der Waals surface area contributed by atoms with Crippen LogP contribution < -0.4 is 0 Å². The van der Waals surface area contributed by atoms with Crippen molar-refractivity contribution in [3.63, 3.8) is 0 Å². The van der Waals surface area contributed by atoms with Gasteiger partial charge in [0, 0.05) is 24.2 Å². The van der Waals surface area contributed by atoms with Gasteiger partial charge in [-0.3, -0.25) is 9.59 Å². The highest BCUT2D eigenvalue weighted by Crippen LogP contribution is 2.24.